The van der Waals surface area contributed by atoms with Crippen molar-refractivity contribution in [3.63, 3.8) is 0 Å². The van der Waals surface area contributed by atoms with Gasteiger partial charge in [0.1, 0.15) is 11.6 Å². The van der Waals surface area contributed by atoms with E-state index >= 15 is 0 Å². The van der Waals surface area contributed by atoms with Crippen molar-refractivity contribution in [3.05, 3.63) is 35.4 Å². The van der Waals surface area contributed by atoms with E-state index in [4.69, 9.17) is 4.74 Å². The highest BCUT2D eigenvalue weighted by Crippen LogP contribution is 2.29. The lowest BCUT2D eigenvalue weighted by Crippen LogP contribution is -2.03. The van der Waals surface area contributed by atoms with Crippen LogP contribution in [0, 0.1) is 0 Å². The first-order chi connectivity index (χ1) is 10.3. The summed E-state index contributed by atoms with van der Waals surface area (Å²) in [5.41, 5.74) is 2.86. The molecule has 1 aromatic heterocycles. The highest BCUT2D eigenvalue weighted by atomic mass is 32.2. The van der Waals surface area contributed by atoms with Crippen LogP contribution in [0.25, 0.3) is 0 Å². The van der Waals surface area contributed by atoms with Crippen LogP contribution in [0.3, 0.4) is 0 Å². The topological polar surface area (TPSA) is 47.0 Å². The average Bonchev–Trinajstić information content (AvgIpc) is 2.54. The number of nitrogens with one attached hydrogen (secondary N) is 1. The van der Waals surface area contributed by atoms with Gasteiger partial charge >= 0.3 is 0 Å². The van der Waals surface area contributed by atoms with Gasteiger partial charge in [-0.05, 0) is 55.2 Å². The number of hydrogen-bond donors (Lipinski definition) is 1. The fourth-order valence-corrected chi connectivity index (χ4v) is 2.94. The highest BCUT2D eigenvalue weighted by Gasteiger charge is 2.11. The Labute approximate surface area is 129 Å². The first-order valence-electron chi connectivity index (χ1n) is 7.19. The summed E-state index contributed by atoms with van der Waals surface area (Å²) >= 11 is 1.50. The molecule has 0 bridgehead atoms. The van der Waals surface area contributed by atoms with Crippen LogP contribution in [0.4, 0.5) is 5.82 Å². The minimum atomic E-state index is 0.578. The Morgan fingerprint density at radius 1 is 1.10 bits per heavy atom. The zero-order valence-electron chi connectivity index (χ0n) is 12.3. The minimum Gasteiger partial charge on any atom is -0.439 e. The van der Waals surface area contributed by atoms with Crippen molar-refractivity contribution in [3.8, 4) is 11.6 Å². The van der Waals surface area contributed by atoms with Gasteiger partial charge < -0.3 is 10.1 Å². The van der Waals surface area contributed by atoms with Crippen molar-refractivity contribution < 1.29 is 4.74 Å². The molecule has 1 aromatic carbocycles. The zero-order valence-corrected chi connectivity index (χ0v) is 13.2. The molecule has 0 unspecified atom stereocenters. The summed E-state index contributed by atoms with van der Waals surface area (Å²) < 4.78 is 5.92. The maximum Gasteiger partial charge on any atom is 0.225 e. The van der Waals surface area contributed by atoms with E-state index < -0.39 is 0 Å². The normalized spacial score (nSPS) is 13.6. The molecule has 0 spiro atoms. The van der Waals surface area contributed by atoms with Crippen molar-refractivity contribution in [2.45, 2.75) is 30.8 Å². The molecule has 0 saturated heterocycles. The van der Waals surface area contributed by atoms with Crippen molar-refractivity contribution in [2.24, 2.45) is 0 Å². The fraction of sp³-hybridized carbons (Fsp3) is 0.375. The minimum absolute atomic E-state index is 0.578. The van der Waals surface area contributed by atoms with Gasteiger partial charge in [-0.2, -0.15) is 4.98 Å². The maximum atomic E-state index is 5.92. The summed E-state index contributed by atoms with van der Waals surface area (Å²) in [6.07, 6.45) is 6.85. The quantitative estimate of drug-likeness (QED) is 0.685. The van der Waals surface area contributed by atoms with Crippen LogP contribution in [0.15, 0.2) is 29.4 Å². The lowest BCUT2D eigenvalue weighted by Gasteiger charge is -2.16. The monoisotopic (exact) mass is 301 g/mol. The number of rotatable bonds is 4. The SMILES string of the molecule is CNc1cc(Oc2ccc3c(c2)CCCC3)nc(SC)n1. The summed E-state index contributed by atoms with van der Waals surface area (Å²) in [6, 6.07) is 8.18. The summed E-state index contributed by atoms with van der Waals surface area (Å²) in [5.74, 6) is 2.19. The lowest BCUT2D eigenvalue weighted by molar-refractivity contribution is 0.454. The number of aromatic nitrogens is 2. The number of anilines is 1. The third-order valence-electron chi connectivity index (χ3n) is 3.66. The Kier molecular flexibility index (Phi) is 4.29. The van der Waals surface area contributed by atoms with Gasteiger partial charge in [0, 0.05) is 13.1 Å². The van der Waals surface area contributed by atoms with E-state index in [0.717, 1.165) is 18.0 Å². The maximum absolute atomic E-state index is 5.92. The van der Waals surface area contributed by atoms with Crippen molar-refractivity contribution in [2.75, 3.05) is 18.6 Å². The highest BCUT2D eigenvalue weighted by molar-refractivity contribution is 7.98. The molecule has 1 N–H and O–H groups in total. The number of nitrogens with zero attached hydrogens (tertiary/aromatic N) is 2. The van der Waals surface area contributed by atoms with Crippen LogP contribution in [-0.4, -0.2) is 23.3 Å². The summed E-state index contributed by atoms with van der Waals surface area (Å²) in [7, 11) is 1.84. The molecule has 4 nitrogen and oxygen atoms in total. The molecule has 0 amide bonds. The number of thioether (sulfide) groups is 1. The van der Waals surface area contributed by atoms with Crippen LogP contribution in [0.2, 0.25) is 0 Å². The van der Waals surface area contributed by atoms with E-state index in [1.54, 1.807) is 0 Å². The van der Waals surface area contributed by atoms with Crippen molar-refractivity contribution in [1.29, 1.82) is 0 Å². The Bertz CT molecular complexity index is 623. The number of aryl methyl sites for hydroxylation is 2. The largest absolute Gasteiger partial charge is 0.439 e. The van der Waals surface area contributed by atoms with Gasteiger partial charge in [0.25, 0.3) is 0 Å². The van der Waals surface area contributed by atoms with Gasteiger partial charge in [-0.15, -0.1) is 0 Å². The predicted molar refractivity (Wildman–Crippen MR) is 86.5 cm³/mol. The predicted octanol–water partition coefficient (Wildman–Crippen LogP) is 3.91. The molecule has 110 valence electrons. The van der Waals surface area contributed by atoms with Crippen LogP contribution < -0.4 is 10.1 Å². The Morgan fingerprint density at radius 2 is 1.90 bits per heavy atom. The second-order valence-electron chi connectivity index (χ2n) is 5.07. The van der Waals surface area contributed by atoms with Gasteiger partial charge in [0.15, 0.2) is 5.16 Å². The number of fused-ring (bicyclic) bond motifs is 1. The molecular formula is C16H19N3OS. The molecule has 0 radical (unpaired) electrons. The molecule has 0 aliphatic heterocycles. The molecule has 1 heterocycles. The summed E-state index contributed by atoms with van der Waals surface area (Å²) in [4.78, 5) is 8.74. The Hall–Kier alpha value is -1.75. The van der Waals surface area contributed by atoms with Crippen LogP contribution >= 0.6 is 11.8 Å². The van der Waals surface area contributed by atoms with E-state index in [1.807, 2.05) is 25.4 Å². The third-order valence-corrected chi connectivity index (χ3v) is 4.21. The van der Waals surface area contributed by atoms with E-state index in [0.29, 0.717) is 11.0 Å². The molecule has 0 fully saturated rings. The molecule has 5 heteroatoms. The van der Waals surface area contributed by atoms with Crippen LogP contribution in [0.5, 0.6) is 11.6 Å². The first kappa shape index (κ1) is 14.2. The molecule has 0 saturated carbocycles. The molecular weight excluding hydrogens is 282 g/mol. The molecule has 1 aliphatic carbocycles. The number of hydrogen-bond acceptors (Lipinski definition) is 5. The molecule has 21 heavy (non-hydrogen) atoms. The first-order valence-corrected chi connectivity index (χ1v) is 8.41. The molecule has 2 aromatic rings. The van der Waals surface area contributed by atoms with E-state index in [2.05, 4.69) is 27.4 Å². The molecule has 0 atom stereocenters. The second-order valence-corrected chi connectivity index (χ2v) is 5.84. The zero-order chi connectivity index (χ0) is 14.7. The van der Waals surface area contributed by atoms with Crippen molar-refractivity contribution >= 4 is 17.6 Å². The molecule has 1 aliphatic rings. The van der Waals surface area contributed by atoms with Crippen LogP contribution in [0.1, 0.15) is 24.0 Å². The smallest absolute Gasteiger partial charge is 0.225 e. The number of benzene rings is 1. The summed E-state index contributed by atoms with van der Waals surface area (Å²) in [6.45, 7) is 0. The van der Waals surface area contributed by atoms with E-state index in [-0.39, 0.29) is 0 Å². The van der Waals surface area contributed by atoms with Gasteiger partial charge in [-0.3, -0.25) is 0 Å². The lowest BCUT2D eigenvalue weighted by atomic mass is 9.92. The van der Waals surface area contributed by atoms with Gasteiger partial charge in [0.2, 0.25) is 5.88 Å². The summed E-state index contributed by atoms with van der Waals surface area (Å²) in [5, 5.41) is 3.74. The second kappa shape index (κ2) is 6.35. The Morgan fingerprint density at radius 3 is 2.67 bits per heavy atom. The van der Waals surface area contributed by atoms with Crippen molar-refractivity contribution in [1.82, 2.24) is 9.97 Å². The van der Waals surface area contributed by atoms with Crippen LogP contribution in [-0.2, 0) is 12.8 Å². The standard InChI is InChI=1S/C16H19N3OS/c1-17-14-10-15(19-16(18-14)21-2)20-13-8-7-11-5-3-4-6-12(11)9-13/h7-10H,3-6H2,1-2H3,(H,17,18,19). The van der Waals surface area contributed by atoms with E-state index in [1.165, 1.54) is 42.2 Å². The number of ether oxygens (including phenoxy) is 1. The Balaban J connectivity index is 1.86. The average molecular weight is 301 g/mol. The molecule has 3 rings (SSSR count). The van der Waals surface area contributed by atoms with Gasteiger partial charge in [-0.25, -0.2) is 4.98 Å². The van der Waals surface area contributed by atoms with E-state index in [9.17, 15) is 0 Å². The van der Waals surface area contributed by atoms with Gasteiger partial charge in [-0.1, -0.05) is 17.8 Å². The fourth-order valence-electron chi connectivity index (χ4n) is 2.57. The third kappa shape index (κ3) is 3.29. The van der Waals surface area contributed by atoms with Gasteiger partial charge in [0.05, 0.1) is 0 Å².